The standard InChI is InChI=1S/C12H14O2/c1-2-6-11(12(13)14)9-10-7-4-3-5-8-10/h3-8H,2,9H2,1H3,(H,13,14)/b11-6-. The number of rotatable bonds is 4. The quantitative estimate of drug-likeness (QED) is 0.741. The number of hydrogen-bond donors (Lipinski definition) is 1. The number of carbonyl (C=O) groups is 1. The molecule has 1 N–H and O–H groups in total. The summed E-state index contributed by atoms with van der Waals surface area (Å²) in [5, 5.41) is 8.90. The van der Waals surface area contributed by atoms with Crippen molar-refractivity contribution in [3.8, 4) is 0 Å². The molecule has 0 aliphatic heterocycles. The Morgan fingerprint density at radius 3 is 2.50 bits per heavy atom. The molecule has 0 aliphatic carbocycles. The molecule has 0 unspecified atom stereocenters. The Morgan fingerprint density at radius 1 is 1.36 bits per heavy atom. The van der Waals surface area contributed by atoms with E-state index in [1.54, 1.807) is 6.08 Å². The molecule has 1 rings (SSSR count). The predicted octanol–water partition coefficient (Wildman–Crippen LogP) is 2.65. The average Bonchev–Trinajstić information content (AvgIpc) is 2.18. The van der Waals surface area contributed by atoms with E-state index >= 15 is 0 Å². The zero-order valence-corrected chi connectivity index (χ0v) is 8.23. The van der Waals surface area contributed by atoms with Crippen LogP contribution in [0, 0.1) is 0 Å². The van der Waals surface area contributed by atoms with E-state index in [4.69, 9.17) is 5.11 Å². The van der Waals surface area contributed by atoms with Gasteiger partial charge in [-0.05, 0) is 12.0 Å². The second-order valence-corrected chi connectivity index (χ2v) is 3.11. The Hall–Kier alpha value is -1.57. The average molecular weight is 190 g/mol. The number of benzene rings is 1. The van der Waals surface area contributed by atoms with Crippen LogP contribution in [0.4, 0.5) is 0 Å². The van der Waals surface area contributed by atoms with Gasteiger partial charge in [0.2, 0.25) is 0 Å². The molecule has 14 heavy (non-hydrogen) atoms. The van der Waals surface area contributed by atoms with Crippen molar-refractivity contribution in [1.82, 2.24) is 0 Å². The Labute approximate surface area is 83.9 Å². The van der Waals surface area contributed by atoms with Crippen LogP contribution in [0.15, 0.2) is 42.0 Å². The third-order valence-corrected chi connectivity index (χ3v) is 1.96. The third-order valence-electron chi connectivity index (χ3n) is 1.96. The molecular formula is C12H14O2. The molecule has 2 heteroatoms. The molecular weight excluding hydrogens is 176 g/mol. The Morgan fingerprint density at radius 2 is 2.00 bits per heavy atom. The largest absolute Gasteiger partial charge is 0.478 e. The molecule has 0 fully saturated rings. The van der Waals surface area contributed by atoms with Crippen molar-refractivity contribution >= 4 is 5.97 Å². The monoisotopic (exact) mass is 190 g/mol. The van der Waals surface area contributed by atoms with Gasteiger partial charge in [0.1, 0.15) is 0 Å². The summed E-state index contributed by atoms with van der Waals surface area (Å²) >= 11 is 0. The van der Waals surface area contributed by atoms with E-state index in [1.165, 1.54) is 0 Å². The van der Waals surface area contributed by atoms with Gasteiger partial charge in [-0.2, -0.15) is 0 Å². The molecule has 0 atom stereocenters. The van der Waals surface area contributed by atoms with Gasteiger partial charge in [0.05, 0.1) is 0 Å². The summed E-state index contributed by atoms with van der Waals surface area (Å²) in [6.45, 7) is 1.94. The molecule has 1 aromatic rings. The molecule has 0 saturated heterocycles. The van der Waals surface area contributed by atoms with Gasteiger partial charge < -0.3 is 5.11 Å². The van der Waals surface area contributed by atoms with Crippen molar-refractivity contribution in [3.05, 3.63) is 47.5 Å². The Bertz CT molecular complexity index is 325. The van der Waals surface area contributed by atoms with Crippen LogP contribution < -0.4 is 0 Å². The van der Waals surface area contributed by atoms with Crippen LogP contribution in [0.3, 0.4) is 0 Å². The zero-order valence-electron chi connectivity index (χ0n) is 8.23. The van der Waals surface area contributed by atoms with Gasteiger partial charge in [-0.3, -0.25) is 0 Å². The van der Waals surface area contributed by atoms with Crippen molar-refractivity contribution in [2.24, 2.45) is 0 Å². The molecule has 0 aliphatic rings. The number of hydrogen-bond acceptors (Lipinski definition) is 1. The second kappa shape index (κ2) is 5.22. The number of allylic oxidation sites excluding steroid dienone is 1. The van der Waals surface area contributed by atoms with E-state index in [1.807, 2.05) is 37.3 Å². The highest BCUT2D eigenvalue weighted by Gasteiger charge is 2.06. The number of carboxylic acid groups (broad SMARTS) is 1. The fourth-order valence-corrected chi connectivity index (χ4v) is 1.30. The molecule has 0 spiro atoms. The minimum atomic E-state index is -0.823. The minimum absolute atomic E-state index is 0.471. The zero-order chi connectivity index (χ0) is 10.4. The molecule has 0 bridgehead atoms. The fraction of sp³-hybridized carbons (Fsp3) is 0.250. The van der Waals surface area contributed by atoms with Crippen molar-refractivity contribution in [2.75, 3.05) is 0 Å². The molecule has 1 aromatic carbocycles. The molecule has 0 amide bonds. The lowest BCUT2D eigenvalue weighted by atomic mass is 10.0. The van der Waals surface area contributed by atoms with E-state index in [0.717, 1.165) is 12.0 Å². The summed E-state index contributed by atoms with van der Waals surface area (Å²) < 4.78 is 0. The van der Waals surface area contributed by atoms with Crippen LogP contribution in [0.2, 0.25) is 0 Å². The Balaban J connectivity index is 2.76. The highest BCUT2D eigenvalue weighted by atomic mass is 16.4. The lowest BCUT2D eigenvalue weighted by Crippen LogP contribution is -2.03. The van der Waals surface area contributed by atoms with Crippen LogP contribution in [0.25, 0.3) is 0 Å². The number of carboxylic acids is 1. The van der Waals surface area contributed by atoms with Gasteiger partial charge in [-0.1, -0.05) is 43.3 Å². The first-order valence-corrected chi connectivity index (χ1v) is 4.70. The SMILES string of the molecule is CC/C=C(/Cc1ccccc1)C(=O)O. The van der Waals surface area contributed by atoms with E-state index in [0.29, 0.717) is 12.0 Å². The van der Waals surface area contributed by atoms with Gasteiger partial charge >= 0.3 is 5.97 Å². The van der Waals surface area contributed by atoms with Crippen LogP contribution in [0.1, 0.15) is 18.9 Å². The van der Waals surface area contributed by atoms with Gasteiger partial charge in [0, 0.05) is 12.0 Å². The van der Waals surface area contributed by atoms with E-state index in [9.17, 15) is 4.79 Å². The van der Waals surface area contributed by atoms with E-state index < -0.39 is 5.97 Å². The fourth-order valence-electron chi connectivity index (χ4n) is 1.30. The first kappa shape index (κ1) is 10.5. The summed E-state index contributed by atoms with van der Waals surface area (Å²) in [5.74, 6) is -0.823. The summed E-state index contributed by atoms with van der Waals surface area (Å²) in [7, 11) is 0. The highest BCUT2D eigenvalue weighted by Crippen LogP contribution is 2.08. The van der Waals surface area contributed by atoms with E-state index in [-0.39, 0.29) is 0 Å². The van der Waals surface area contributed by atoms with Crippen molar-refractivity contribution in [3.63, 3.8) is 0 Å². The second-order valence-electron chi connectivity index (χ2n) is 3.11. The first-order valence-electron chi connectivity index (χ1n) is 4.70. The lowest BCUT2D eigenvalue weighted by molar-refractivity contribution is -0.132. The van der Waals surface area contributed by atoms with Crippen LogP contribution in [-0.4, -0.2) is 11.1 Å². The van der Waals surface area contributed by atoms with Crippen molar-refractivity contribution in [1.29, 1.82) is 0 Å². The third kappa shape index (κ3) is 3.05. The lowest BCUT2D eigenvalue weighted by Gasteiger charge is -2.01. The Kier molecular flexibility index (Phi) is 3.92. The van der Waals surface area contributed by atoms with Crippen LogP contribution in [0.5, 0.6) is 0 Å². The maximum absolute atomic E-state index is 10.8. The van der Waals surface area contributed by atoms with Gasteiger partial charge in [0.15, 0.2) is 0 Å². The number of aliphatic carboxylic acids is 1. The highest BCUT2D eigenvalue weighted by molar-refractivity contribution is 5.87. The normalized spacial score (nSPS) is 11.4. The molecule has 0 radical (unpaired) electrons. The minimum Gasteiger partial charge on any atom is -0.478 e. The molecule has 74 valence electrons. The maximum atomic E-state index is 10.8. The molecule has 0 saturated carbocycles. The summed E-state index contributed by atoms with van der Waals surface area (Å²) in [5.41, 5.74) is 1.51. The maximum Gasteiger partial charge on any atom is 0.331 e. The predicted molar refractivity (Wildman–Crippen MR) is 56.2 cm³/mol. The topological polar surface area (TPSA) is 37.3 Å². The summed E-state index contributed by atoms with van der Waals surface area (Å²) in [6, 6.07) is 9.63. The van der Waals surface area contributed by atoms with Gasteiger partial charge in [-0.15, -0.1) is 0 Å². The smallest absolute Gasteiger partial charge is 0.331 e. The first-order chi connectivity index (χ1) is 6.74. The molecule has 0 aromatic heterocycles. The van der Waals surface area contributed by atoms with E-state index in [2.05, 4.69) is 0 Å². The van der Waals surface area contributed by atoms with Gasteiger partial charge in [0.25, 0.3) is 0 Å². The van der Waals surface area contributed by atoms with Crippen LogP contribution in [-0.2, 0) is 11.2 Å². The van der Waals surface area contributed by atoms with Gasteiger partial charge in [-0.25, -0.2) is 4.79 Å². The van der Waals surface area contributed by atoms with Crippen LogP contribution >= 0.6 is 0 Å². The molecule has 2 nitrogen and oxygen atoms in total. The summed E-state index contributed by atoms with van der Waals surface area (Å²) in [4.78, 5) is 10.8. The van der Waals surface area contributed by atoms with Crippen molar-refractivity contribution in [2.45, 2.75) is 19.8 Å². The van der Waals surface area contributed by atoms with Crippen molar-refractivity contribution < 1.29 is 9.90 Å². The summed E-state index contributed by atoms with van der Waals surface area (Å²) in [6.07, 6.45) is 3.02. The molecule has 0 heterocycles.